The highest BCUT2D eigenvalue weighted by atomic mass is 31.3. The minimum Gasteiger partial charge on any atom is -0.394 e. The molecule has 0 aromatic rings. The van der Waals surface area contributed by atoms with Crippen molar-refractivity contribution >= 4 is 15.6 Å². The van der Waals surface area contributed by atoms with Crippen LogP contribution in [0.5, 0.6) is 0 Å². The maximum absolute atomic E-state index is 14.5. The van der Waals surface area contributed by atoms with Gasteiger partial charge in [-0.25, -0.2) is 9.13 Å². The summed E-state index contributed by atoms with van der Waals surface area (Å²) in [5.74, 6) is 0. The van der Waals surface area contributed by atoms with E-state index in [4.69, 9.17) is 41.4 Å². The minimum atomic E-state index is -6.22. The molecule has 0 aromatic heterocycles. The van der Waals surface area contributed by atoms with Gasteiger partial charge in [0.2, 0.25) is 0 Å². The van der Waals surface area contributed by atoms with Gasteiger partial charge in [0.15, 0.2) is 25.2 Å². The number of ether oxygens (including phenoxy) is 4. The number of aliphatic hydroxyl groups excluding tert-OH is 16. The summed E-state index contributed by atoms with van der Waals surface area (Å²) < 4.78 is 74.7. The molecular formula is C24H44O27P2. The van der Waals surface area contributed by atoms with Crippen LogP contribution in [0.15, 0.2) is 0 Å². The third-order valence-corrected chi connectivity index (χ3v) is 12.0. The molecule has 29 heteroatoms. The Bertz CT molecular complexity index is 1080. The lowest BCUT2D eigenvalue weighted by Gasteiger charge is -2.44. The van der Waals surface area contributed by atoms with E-state index in [1.165, 1.54) is 0 Å². The lowest BCUT2D eigenvalue weighted by Crippen LogP contribution is -2.60. The fraction of sp³-hybridized carbons (Fsp3) is 1.00. The number of rotatable bonds is 14. The van der Waals surface area contributed by atoms with Crippen LogP contribution >= 0.6 is 15.6 Å². The van der Waals surface area contributed by atoms with Gasteiger partial charge < -0.3 is 101 Å². The van der Waals surface area contributed by atoms with Crippen LogP contribution < -0.4 is 0 Å². The Morgan fingerprint density at radius 2 is 0.528 bits per heavy atom. The molecule has 0 amide bonds. The molecule has 20 atom stereocenters. The van der Waals surface area contributed by atoms with Crippen molar-refractivity contribution in [2.45, 2.75) is 123 Å². The van der Waals surface area contributed by atoms with Crippen LogP contribution in [0, 0.1) is 0 Å². The molecule has 0 unspecified atom stereocenters. The quantitative estimate of drug-likeness (QED) is 0.0723. The van der Waals surface area contributed by atoms with Gasteiger partial charge in [-0.2, -0.15) is 4.31 Å². The summed E-state index contributed by atoms with van der Waals surface area (Å²) in [6.07, 6.45) is -44.3. The van der Waals surface area contributed by atoms with Crippen LogP contribution in [0.3, 0.4) is 0 Å². The lowest BCUT2D eigenvalue weighted by molar-refractivity contribution is -0.300. The van der Waals surface area contributed by atoms with E-state index in [-0.39, 0.29) is 0 Å². The van der Waals surface area contributed by atoms with Gasteiger partial charge in [0.05, 0.1) is 26.4 Å². The Kier molecular flexibility index (Phi) is 15.7. The summed E-state index contributed by atoms with van der Waals surface area (Å²) in [6.45, 7) is -4.38. The molecule has 0 aromatic carbocycles. The van der Waals surface area contributed by atoms with Crippen molar-refractivity contribution in [2.75, 3.05) is 26.4 Å². The smallest absolute Gasteiger partial charge is 0.394 e. The van der Waals surface area contributed by atoms with Gasteiger partial charge in [-0.05, 0) is 0 Å². The molecule has 4 rings (SSSR count). The van der Waals surface area contributed by atoms with Crippen LogP contribution in [-0.2, 0) is 50.5 Å². The second-order valence-electron chi connectivity index (χ2n) is 12.2. The fourth-order valence-electron chi connectivity index (χ4n) is 5.38. The third kappa shape index (κ3) is 9.78. The predicted molar refractivity (Wildman–Crippen MR) is 156 cm³/mol. The summed E-state index contributed by atoms with van der Waals surface area (Å²) in [7, 11) is -12.4. The Labute approximate surface area is 297 Å². The first-order valence-corrected chi connectivity index (χ1v) is 18.5. The minimum absolute atomic E-state index is 1.09. The topological polar surface area (TPSA) is 441 Å². The normalized spacial score (nSPS) is 47.4. The van der Waals surface area contributed by atoms with Crippen LogP contribution in [-0.4, -0.2) is 231 Å². The molecule has 53 heavy (non-hydrogen) atoms. The Morgan fingerprint density at radius 3 is 0.698 bits per heavy atom. The molecule has 0 saturated carbocycles. The van der Waals surface area contributed by atoms with E-state index in [0.29, 0.717) is 0 Å². The van der Waals surface area contributed by atoms with Crippen molar-refractivity contribution in [1.82, 2.24) is 0 Å². The Balaban J connectivity index is 1.78. The number of aliphatic hydroxyl groups is 16. The zero-order valence-electron chi connectivity index (χ0n) is 26.9. The molecule has 4 aliphatic heterocycles. The molecule has 16 N–H and O–H groups in total. The Morgan fingerprint density at radius 1 is 0.340 bits per heavy atom. The summed E-state index contributed by atoms with van der Waals surface area (Å²) in [5.41, 5.74) is 0. The molecule has 4 heterocycles. The lowest BCUT2D eigenvalue weighted by atomic mass is 9.99. The molecule has 0 bridgehead atoms. The van der Waals surface area contributed by atoms with E-state index in [2.05, 4.69) is 0 Å². The van der Waals surface area contributed by atoms with E-state index in [1.54, 1.807) is 0 Å². The highest BCUT2D eigenvalue weighted by molar-refractivity contribution is 7.62. The molecule has 27 nitrogen and oxygen atoms in total. The highest BCUT2D eigenvalue weighted by Crippen LogP contribution is 2.69. The molecule has 312 valence electrons. The van der Waals surface area contributed by atoms with Crippen molar-refractivity contribution in [1.29, 1.82) is 0 Å². The van der Waals surface area contributed by atoms with Crippen molar-refractivity contribution in [3.63, 3.8) is 0 Å². The molecule has 4 fully saturated rings. The zero-order valence-corrected chi connectivity index (χ0v) is 28.7. The maximum Gasteiger partial charge on any atom is 0.488 e. The fourth-order valence-corrected chi connectivity index (χ4v) is 8.79. The summed E-state index contributed by atoms with van der Waals surface area (Å²) in [4.78, 5) is 0. The first-order valence-electron chi connectivity index (χ1n) is 15.6. The monoisotopic (exact) mass is 826 g/mol. The number of phosphoric ester groups is 2. The summed E-state index contributed by atoms with van der Waals surface area (Å²) in [5, 5.41) is 162. The molecule has 0 radical (unpaired) electrons. The van der Waals surface area contributed by atoms with Gasteiger partial charge in [0.1, 0.15) is 97.7 Å². The average molecular weight is 827 g/mol. The third-order valence-electron chi connectivity index (χ3n) is 8.53. The second-order valence-corrected chi connectivity index (χ2v) is 15.5. The highest BCUT2D eigenvalue weighted by Gasteiger charge is 2.57. The number of hydrogen-bond acceptors (Lipinski definition) is 27. The van der Waals surface area contributed by atoms with Crippen molar-refractivity contribution < 1.29 is 132 Å². The van der Waals surface area contributed by atoms with Crippen molar-refractivity contribution in [3.05, 3.63) is 0 Å². The molecular weight excluding hydrogens is 782 g/mol. The largest absolute Gasteiger partial charge is 0.488 e. The van der Waals surface area contributed by atoms with Gasteiger partial charge in [-0.15, -0.1) is 0 Å². The molecule has 4 aliphatic rings. The van der Waals surface area contributed by atoms with Crippen LogP contribution in [0.4, 0.5) is 0 Å². The van der Waals surface area contributed by atoms with Gasteiger partial charge >= 0.3 is 15.6 Å². The predicted octanol–water partition coefficient (Wildman–Crippen LogP) is -9.51. The first-order chi connectivity index (χ1) is 24.7. The zero-order chi connectivity index (χ0) is 39.7. The molecule has 4 saturated heterocycles. The van der Waals surface area contributed by atoms with E-state index in [9.17, 15) is 90.8 Å². The molecule has 0 aliphatic carbocycles. The molecule has 0 spiro atoms. The second kappa shape index (κ2) is 18.4. The SMILES string of the molecule is O=P(O[C@H]1O[C@H](CO)[C@@H](O)[C@H](O)[C@H]1O)(O[C@H]1O[C@H](CO)[C@@H](O)[C@H](O)[C@H]1O)OP(=O)(O[C@H]1O[C@H](CO)[C@@H](O)[C@H](O)[C@H]1O)O[C@H]1O[C@H](CO)[C@@H](O)[C@H](O)[C@H]1O. The summed E-state index contributed by atoms with van der Waals surface area (Å²) in [6, 6.07) is 0. The van der Waals surface area contributed by atoms with E-state index < -0.39 is 165 Å². The van der Waals surface area contributed by atoms with Crippen LogP contribution in [0.1, 0.15) is 0 Å². The van der Waals surface area contributed by atoms with Crippen LogP contribution in [0.25, 0.3) is 0 Å². The van der Waals surface area contributed by atoms with E-state index >= 15 is 0 Å². The van der Waals surface area contributed by atoms with Crippen molar-refractivity contribution in [3.8, 4) is 0 Å². The van der Waals surface area contributed by atoms with Gasteiger partial charge in [0, 0.05) is 0 Å². The van der Waals surface area contributed by atoms with E-state index in [1.807, 2.05) is 0 Å². The van der Waals surface area contributed by atoms with Crippen LogP contribution in [0.2, 0.25) is 0 Å². The Hall–Kier alpha value is -0.540. The average Bonchev–Trinajstić information content (AvgIpc) is 3.12. The number of hydrogen-bond donors (Lipinski definition) is 16. The maximum atomic E-state index is 14.5. The first kappa shape index (κ1) is 45.2. The van der Waals surface area contributed by atoms with E-state index in [0.717, 1.165) is 0 Å². The van der Waals surface area contributed by atoms with Gasteiger partial charge in [0.25, 0.3) is 0 Å². The summed E-state index contributed by atoms with van der Waals surface area (Å²) >= 11 is 0. The van der Waals surface area contributed by atoms with Crippen molar-refractivity contribution in [2.24, 2.45) is 0 Å². The van der Waals surface area contributed by atoms with Gasteiger partial charge in [-0.3, -0.25) is 18.1 Å². The standard InChI is InChI=1S/C24H44O27P2/c25-1-5-9(29)13(33)17(37)21(43-5)47-52(41,48-22-18(38)14(34)10(30)6(2-26)44-22)51-53(42,49-23-19(39)15(35)11(31)7(3-27)45-23)50-24-20(40)16(36)12(32)8(4-28)46-24/h5-40H,1-4H2/t5-,6-,7-,8-,9-,10-,11-,12-,13+,14+,15+,16+,17-,18-,19-,20-,21-,22-,23-,24-/m1/s1. The number of phosphoric acid groups is 2. The van der Waals surface area contributed by atoms with Gasteiger partial charge in [-0.1, -0.05) is 0 Å².